The summed E-state index contributed by atoms with van der Waals surface area (Å²) in [6.45, 7) is 0.399. The Bertz CT molecular complexity index is 465. The van der Waals surface area contributed by atoms with E-state index in [4.69, 9.17) is 5.26 Å². The molecular formula is C12H12FN3O. The fourth-order valence-electron chi connectivity index (χ4n) is 1.70. The van der Waals surface area contributed by atoms with E-state index in [1.54, 1.807) is 4.90 Å². The summed E-state index contributed by atoms with van der Waals surface area (Å²) in [5, 5.41) is 8.55. The molecular weight excluding hydrogens is 221 g/mol. The van der Waals surface area contributed by atoms with Crippen LogP contribution in [-0.4, -0.2) is 28.4 Å². The van der Waals surface area contributed by atoms with Gasteiger partial charge in [0, 0.05) is 18.8 Å². The quantitative estimate of drug-likeness (QED) is 0.795. The van der Waals surface area contributed by atoms with Crippen LogP contribution in [0.2, 0.25) is 0 Å². The summed E-state index contributed by atoms with van der Waals surface area (Å²) in [7, 11) is 0. The molecule has 0 N–H and O–H groups in total. The van der Waals surface area contributed by atoms with E-state index in [9.17, 15) is 9.18 Å². The van der Waals surface area contributed by atoms with E-state index < -0.39 is 5.82 Å². The van der Waals surface area contributed by atoms with Crippen LogP contribution in [0.15, 0.2) is 18.5 Å². The standard InChI is InChI=1S/C12H12FN3O/c13-10-6-9(7-15-8-10)12(17)16(5-1-4-14)11-2-3-11/h6-8,11H,1-3,5H2. The maximum absolute atomic E-state index is 13.0. The fourth-order valence-corrected chi connectivity index (χ4v) is 1.70. The SMILES string of the molecule is N#CCCN(C(=O)c1cncc(F)c1)C1CC1. The van der Waals surface area contributed by atoms with Gasteiger partial charge in [0.15, 0.2) is 0 Å². The monoisotopic (exact) mass is 233 g/mol. The molecule has 4 nitrogen and oxygen atoms in total. The molecule has 0 atom stereocenters. The van der Waals surface area contributed by atoms with Crippen molar-refractivity contribution in [2.75, 3.05) is 6.54 Å². The van der Waals surface area contributed by atoms with Crippen LogP contribution < -0.4 is 0 Å². The Morgan fingerprint density at radius 2 is 2.35 bits per heavy atom. The first kappa shape index (κ1) is 11.5. The number of halogens is 1. The van der Waals surface area contributed by atoms with Crippen molar-refractivity contribution in [2.24, 2.45) is 0 Å². The van der Waals surface area contributed by atoms with Gasteiger partial charge < -0.3 is 4.90 Å². The minimum absolute atomic E-state index is 0.208. The molecule has 1 amide bonds. The van der Waals surface area contributed by atoms with E-state index in [1.165, 1.54) is 12.3 Å². The van der Waals surface area contributed by atoms with E-state index in [0.717, 1.165) is 19.0 Å². The fraction of sp³-hybridized carbons (Fsp3) is 0.417. The predicted molar refractivity (Wildman–Crippen MR) is 58.5 cm³/mol. The Morgan fingerprint density at radius 1 is 1.59 bits per heavy atom. The molecule has 1 aliphatic carbocycles. The highest BCUT2D eigenvalue weighted by atomic mass is 19.1. The molecule has 1 aliphatic rings. The van der Waals surface area contributed by atoms with Crippen LogP contribution in [-0.2, 0) is 0 Å². The summed E-state index contributed by atoms with van der Waals surface area (Å²) in [5.41, 5.74) is 0.245. The number of aromatic nitrogens is 1. The summed E-state index contributed by atoms with van der Waals surface area (Å²) in [6.07, 6.45) is 4.63. The molecule has 0 radical (unpaired) electrons. The zero-order valence-corrected chi connectivity index (χ0v) is 9.27. The van der Waals surface area contributed by atoms with E-state index >= 15 is 0 Å². The minimum atomic E-state index is -0.521. The number of hydrogen-bond donors (Lipinski definition) is 0. The van der Waals surface area contributed by atoms with Crippen LogP contribution >= 0.6 is 0 Å². The molecule has 0 bridgehead atoms. The number of hydrogen-bond acceptors (Lipinski definition) is 3. The lowest BCUT2D eigenvalue weighted by Gasteiger charge is -2.20. The van der Waals surface area contributed by atoms with Crippen molar-refractivity contribution in [3.8, 4) is 6.07 Å². The molecule has 1 heterocycles. The zero-order valence-electron chi connectivity index (χ0n) is 9.27. The van der Waals surface area contributed by atoms with Gasteiger partial charge in [0.1, 0.15) is 5.82 Å². The summed E-state index contributed by atoms with van der Waals surface area (Å²) in [6, 6.07) is 3.40. The first-order valence-corrected chi connectivity index (χ1v) is 5.51. The van der Waals surface area contributed by atoms with Gasteiger partial charge in [0.25, 0.3) is 5.91 Å². The Kier molecular flexibility index (Phi) is 3.33. The van der Waals surface area contributed by atoms with Gasteiger partial charge in [-0.25, -0.2) is 4.39 Å². The number of rotatable bonds is 4. The van der Waals surface area contributed by atoms with Gasteiger partial charge in [0.2, 0.25) is 0 Å². The van der Waals surface area contributed by atoms with Crippen LogP contribution in [0.4, 0.5) is 4.39 Å². The molecule has 0 aliphatic heterocycles. The van der Waals surface area contributed by atoms with Crippen LogP contribution in [0.25, 0.3) is 0 Å². The molecule has 5 heteroatoms. The van der Waals surface area contributed by atoms with Crippen LogP contribution in [0.3, 0.4) is 0 Å². The third-order valence-corrected chi connectivity index (χ3v) is 2.66. The minimum Gasteiger partial charge on any atom is -0.335 e. The topological polar surface area (TPSA) is 57.0 Å². The second-order valence-electron chi connectivity index (χ2n) is 4.03. The number of nitrogens with zero attached hydrogens (tertiary/aromatic N) is 3. The molecule has 0 unspecified atom stereocenters. The largest absolute Gasteiger partial charge is 0.335 e. The van der Waals surface area contributed by atoms with Gasteiger partial charge in [-0.1, -0.05) is 0 Å². The Balaban J connectivity index is 2.13. The highest BCUT2D eigenvalue weighted by molar-refractivity contribution is 5.94. The second kappa shape index (κ2) is 4.91. The number of pyridine rings is 1. The van der Waals surface area contributed by atoms with Gasteiger partial charge in [-0.05, 0) is 18.9 Å². The van der Waals surface area contributed by atoms with Gasteiger partial charge in [-0.2, -0.15) is 5.26 Å². The Hall–Kier alpha value is -1.96. The lowest BCUT2D eigenvalue weighted by atomic mass is 10.2. The third kappa shape index (κ3) is 2.78. The van der Waals surface area contributed by atoms with Gasteiger partial charge in [0.05, 0.1) is 24.3 Å². The summed E-state index contributed by atoms with van der Waals surface area (Å²) in [5.74, 6) is -0.762. The molecule has 88 valence electrons. The molecule has 1 aromatic rings. The maximum atomic E-state index is 13.0. The van der Waals surface area contributed by atoms with Crippen molar-refractivity contribution in [2.45, 2.75) is 25.3 Å². The Labute approximate surface area is 98.7 Å². The highest BCUT2D eigenvalue weighted by Gasteiger charge is 2.32. The molecule has 0 aromatic carbocycles. The first-order chi connectivity index (χ1) is 8.22. The second-order valence-corrected chi connectivity index (χ2v) is 4.03. The van der Waals surface area contributed by atoms with Gasteiger partial charge in [-0.3, -0.25) is 9.78 Å². The van der Waals surface area contributed by atoms with Crippen molar-refractivity contribution < 1.29 is 9.18 Å². The molecule has 1 fully saturated rings. The van der Waals surface area contributed by atoms with Crippen molar-refractivity contribution in [3.63, 3.8) is 0 Å². The maximum Gasteiger partial charge on any atom is 0.255 e. The molecule has 17 heavy (non-hydrogen) atoms. The van der Waals surface area contributed by atoms with E-state index in [-0.39, 0.29) is 17.5 Å². The van der Waals surface area contributed by atoms with E-state index in [1.807, 2.05) is 6.07 Å². The molecule has 0 spiro atoms. The smallest absolute Gasteiger partial charge is 0.255 e. The number of nitriles is 1. The summed E-state index contributed by atoms with van der Waals surface area (Å²) >= 11 is 0. The van der Waals surface area contributed by atoms with Crippen molar-refractivity contribution >= 4 is 5.91 Å². The summed E-state index contributed by atoms with van der Waals surface area (Å²) < 4.78 is 13.0. The van der Waals surface area contributed by atoms with Crippen molar-refractivity contribution in [3.05, 3.63) is 29.8 Å². The average Bonchev–Trinajstić information content (AvgIpc) is 3.14. The highest BCUT2D eigenvalue weighted by Crippen LogP contribution is 2.28. The summed E-state index contributed by atoms with van der Waals surface area (Å²) in [4.78, 5) is 17.4. The average molecular weight is 233 g/mol. The van der Waals surface area contributed by atoms with Crippen molar-refractivity contribution in [1.82, 2.24) is 9.88 Å². The third-order valence-electron chi connectivity index (χ3n) is 2.66. The lowest BCUT2D eigenvalue weighted by molar-refractivity contribution is 0.0746. The zero-order chi connectivity index (χ0) is 12.3. The number of carbonyl (C=O) groups is 1. The van der Waals surface area contributed by atoms with E-state index in [0.29, 0.717) is 13.0 Å². The first-order valence-electron chi connectivity index (χ1n) is 5.51. The van der Waals surface area contributed by atoms with Crippen LogP contribution in [0.5, 0.6) is 0 Å². The molecule has 1 aromatic heterocycles. The molecule has 0 saturated heterocycles. The number of amides is 1. The van der Waals surface area contributed by atoms with Gasteiger partial charge >= 0.3 is 0 Å². The van der Waals surface area contributed by atoms with E-state index in [2.05, 4.69) is 4.98 Å². The Morgan fingerprint density at radius 3 is 2.94 bits per heavy atom. The van der Waals surface area contributed by atoms with Crippen molar-refractivity contribution in [1.29, 1.82) is 5.26 Å². The van der Waals surface area contributed by atoms with Gasteiger partial charge in [-0.15, -0.1) is 0 Å². The lowest BCUT2D eigenvalue weighted by Crippen LogP contribution is -2.34. The molecule has 1 saturated carbocycles. The molecule has 2 rings (SSSR count). The predicted octanol–water partition coefficient (Wildman–Crippen LogP) is 1.74. The number of carbonyl (C=O) groups excluding carboxylic acids is 1. The van der Waals surface area contributed by atoms with Crippen LogP contribution in [0, 0.1) is 17.1 Å². The van der Waals surface area contributed by atoms with Crippen LogP contribution in [0.1, 0.15) is 29.6 Å². The normalized spacial score (nSPS) is 14.1.